The molecule has 0 aromatic heterocycles. The molecule has 0 aliphatic rings. The predicted octanol–water partition coefficient (Wildman–Crippen LogP) is 11.2. The number of carbonyl (C=O) groups excluding carboxylic acids is 2. The third-order valence-corrected chi connectivity index (χ3v) is 8.14. The minimum atomic E-state index is -1.37. The number of aliphatic hydroxyl groups is 2. The van der Waals surface area contributed by atoms with Gasteiger partial charge in [0.05, 0.1) is 0 Å². The third-order valence-electron chi connectivity index (χ3n) is 8.14. The molecule has 0 radical (unpaired) electrons. The monoisotopic (exact) mass is 631 g/mol. The van der Waals surface area contributed by atoms with Gasteiger partial charge in [0.25, 0.3) is 0 Å². The molecule has 0 spiro atoms. The Bertz CT molecular complexity index is 782. The summed E-state index contributed by atoms with van der Waals surface area (Å²) in [4.78, 5) is 24.1. The quantitative estimate of drug-likeness (QED) is 0.0334. The minimum Gasteiger partial charge on any atom is -0.389 e. The average Bonchev–Trinajstić information content (AvgIpc) is 3.04. The third kappa shape index (κ3) is 31.8. The summed E-state index contributed by atoms with van der Waals surface area (Å²) in [7, 11) is 0. The molecule has 0 aromatic carbocycles. The van der Waals surface area contributed by atoms with Gasteiger partial charge in [-0.2, -0.15) is 0 Å². The minimum absolute atomic E-state index is 0.177. The molecule has 0 rings (SSSR count). The van der Waals surface area contributed by atoms with Gasteiger partial charge in [-0.25, -0.2) is 9.59 Å². The first-order valence-electron chi connectivity index (χ1n) is 18.7. The largest absolute Gasteiger partial charge is 0.389 e. The van der Waals surface area contributed by atoms with E-state index in [1.807, 2.05) is 12.2 Å². The van der Waals surface area contributed by atoms with Crippen LogP contribution in [0.2, 0.25) is 0 Å². The lowest BCUT2D eigenvalue weighted by atomic mass is 10.0. The Kier molecular flexibility index (Phi) is 33.3. The van der Waals surface area contributed by atoms with E-state index in [1.54, 1.807) is 0 Å². The molecule has 45 heavy (non-hydrogen) atoms. The zero-order valence-corrected chi connectivity index (χ0v) is 29.3. The van der Waals surface area contributed by atoms with Crippen LogP contribution >= 0.6 is 0 Å². The summed E-state index contributed by atoms with van der Waals surface area (Å²) in [6.45, 7) is 4.49. The van der Waals surface area contributed by atoms with Crippen molar-refractivity contribution >= 4 is 11.9 Å². The lowest BCUT2D eigenvalue weighted by Gasteiger charge is -2.12. The molecule has 2 atom stereocenters. The summed E-state index contributed by atoms with van der Waals surface area (Å²) in [5, 5.41) is 20.1. The lowest BCUT2D eigenvalue weighted by molar-refractivity contribution is -0.171. The fourth-order valence-corrected chi connectivity index (χ4v) is 5.17. The van der Waals surface area contributed by atoms with Gasteiger partial charge in [0.15, 0.2) is 12.2 Å². The van der Waals surface area contributed by atoms with E-state index in [4.69, 9.17) is 4.74 Å². The van der Waals surface area contributed by atoms with Crippen molar-refractivity contribution in [2.45, 2.75) is 193 Å². The molecule has 5 nitrogen and oxygen atoms in total. The fourth-order valence-electron chi connectivity index (χ4n) is 5.17. The molecule has 0 aromatic rings. The molecule has 0 aliphatic heterocycles. The zero-order valence-electron chi connectivity index (χ0n) is 29.3. The van der Waals surface area contributed by atoms with Crippen LogP contribution in [0, 0.1) is 0 Å². The maximum absolute atomic E-state index is 12.0. The highest BCUT2D eigenvalue weighted by molar-refractivity contribution is 5.89. The molecule has 260 valence electrons. The fraction of sp³-hybridized carbons (Fsp3) is 0.750. The Labute approximate surface area is 277 Å². The van der Waals surface area contributed by atoms with Gasteiger partial charge in [-0.15, -0.1) is 0 Å². The normalized spacial score (nSPS) is 13.5. The maximum atomic E-state index is 12.0. The van der Waals surface area contributed by atoms with Crippen LogP contribution in [0.1, 0.15) is 181 Å². The molecule has 0 amide bonds. The van der Waals surface area contributed by atoms with E-state index < -0.39 is 24.1 Å². The highest BCUT2D eigenvalue weighted by Crippen LogP contribution is 2.15. The summed E-state index contributed by atoms with van der Waals surface area (Å²) in [6, 6.07) is 0. The molecule has 0 heterocycles. The maximum Gasteiger partial charge on any atom is 0.342 e. The number of unbranched alkanes of at least 4 members (excludes halogenated alkanes) is 18. The number of hydrogen-bond donors (Lipinski definition) is 2. The number of rotatable bonds is 32. The van der Waals surface area contributed by atoms with Gasteiger partial charge in [0.1, 0.15) is 0 Å². The standard InChI is InChI=1S/C40H70O5/c1-3-5-7-9-11-13-15-17-19-21-23-25-27-29-31-33-35-37(41)39(43)45-40(44)38(42)36-34-32-30-28-26-24-22-20-18-16-14-12-10-8-6-4-2/h11,13,17,19,23,25,29,31,37-38,41-42H,3-10,12,14-16,18,20-22,24,26-28,30,32-36H2,1-2H3. The number of carbonyl (C=O) groups is 2. The van der Waals surface area contributed by atoms with Gasteiger partial charge in [-0.3, -0.25) is 0 Å². The molecule has 0 saturated carbocycles. The highest BCUT2D eigenvalue weighted by atomic mass is 16.6. The predicted molar refractivity (Wildman–Crippen MR) is 191 cm³/mol. The van der Waals surface area contributed by atoms with E-state index in [0.29, 0.717) is 6.42 Å². The van der Waals surface area contributed by atoms with Crippen LogP contribution in [0.5, 0.6) is 0 Å². The van der Waals surface area contributed by atoms with Crippen molar-refractivity contribution in [2.24, 2.45) is 0 Å². The first kappa shape index (κ1) is 43.0. The molecule has 0 aliphatic carbocycles. The van der Waals surface area contributed by atoms with E-state index in [0.717, 1.165) is 38.5 Å². The molecule has 5 heteroatoms. The van der Waals surface area contributed by atoms with Crippen LogP contribution in [0.15, 0.2) is 48.6 Å². The van der Waals surface area contributed by atoms with Crippen molar-refractivity contribution in [2.75, 3.05) is 0 Å². The van der Waals surface area contributed by atoms with Crippen LogP contribution in [-0.4, -0.2) is 34.4 Å². The first-order valence-corrected chi connectivity index (χ1v) is 18.7. The van der Waals surface area contributed by atoms with E-state index in [2.05, 4.69) is 50.3 Å². The van der Waals surface area contributed by atoms with Gasteiger partial charge in [0, 0.05) is 0 Å². The van der Waals surface area contributed by atoms with Crippen molar-refractivity contribution in [3.63, 3.8) is 0 Å². The van der Waals surface area contributed by atoms with Crippen molar-refractivity contribution in [3.8, 4) is 0 Å². The van der Waals surface area contributed by atoms with Crippen LogP contribution < -0.4 is 0 Å². The highest BCUT2D eigenvalue weighted by Gasteiger charge is 2.24. The van der Waals surface area contributed by atoms with Crippen molar-refractivity contribution in [1.82, 2.24) is 0 Å². The van der Waals surface area contributed by atoms with Gasteiger partial charge >= 0.3 is 11.9 Å². The van der Waals surface area contributed by atoms with Crippen molar-refractivity contribution in [1.29, 1.82) is 0 Å². The Hall–Kier alpha value is -1.98. The summed E-state index contributed by atoms with van der Waals surface area (Å²) in [5.41, 5.74) is 0. The van der Waals surface area contributed by atoms with Gasteiger partial charge in [0.2, 0.25) is 0 Å². The zero-order chi connectivity index (χ0) is 33.1. The average molecular weight is 631 g/mol. The molecule has 0 fully saturated rings. The second-order valence-electron chi connectivity index (χ2n) is 12.5. The SMILES string of the molecule is CCCCCC=CCC=CCC=CCC=CCCC(O)C(=O)OC(=O)C(O)CCCCCCCCCCCCCCCCCC. The summed E-state index contributed by atoms with van der Waals surface area (Å²) in [6.07, 6.45) is 43.1. The summed E-state index contributed by atoms with van der Waals surface area (Å²) < 4.78 is 4.71. The van der Waals surface area contributed by atoms with E-state index >= 15 is 0 Å². The van der Waals surface area contributed by atoms with E-state index in [9.17, 15) is 19.8 Å². The second-order valence-corrected chi connectivity index (χ2v) is 12.5. The lowest BCUT2D eigenvalue weighted by Crippen LogP contribution is -2.31. The molecule has 2 unspecified atom stereocenters. The van der Waals surface area contributed by atoms with Crippen LogP contribution in [0.25, 0.3) is 0 Å². The molecular formula is C40H70O5. The number of esters is 2. The van der Waals surface area contributed by atoms with Gasteiger partial charge in [-0.05, 0) is 51.4 Å². The number of hydrogen-bond acceptors (Lipinski definition) is 5. The van der Waals surface area contributed by atoms with E-state index in [1.165, 1.54) is 109 Å². The van der Waals surface area contributed by atoms with Gasteiger partial charge in [-0.1, -0.05) is 178 Å². The van der Waals surface area contributed by atoms with Crippen LogP contribution in [-0.2, 0) is 14.3 Å². The molecular weight excluding hydrogens is 560 g/mol. The Morgan fingerprint density at radius 2 is 0.778 bits per heavy atom. The van der Waals surface area contributed by atoms with Crippen LogP contribution in [0.3, 0.4) is 0 Å². The van der Waals surface area contributed by atoms with Crippen molar-refractivity contribution in [3.05, 3.63) is 48.6 Å². The number of aliphatic hydroxyl groups excluding tert-OH is 2. The Morgan fingerprint density at radius 1 is 0.444 bits per heavy atom. The molecule has 0 bridgehead atoms. The van der Waals surface area contributed by atoms with Crippen molar-refractivity contribution < 1.29 is 24.5 Å². The first-order chi connectivity index (χ1) is 22.0. The molecule has 0 saturated heterocycles. The Balaban J connectivity index is 3.69. The number of ether oxygens (including phenoxy) is 1. The second kappa shape index (κ2) is 34.9. The summed E-state index contributed by atoms with van der Waals surface area (Å²) in [5.74, 6) is -1.94. The molecule has 2 N–H and O–H groups in total. The topological polar surface area (TPSA) is 83.8 Å². The van der Waals surface area contributed by atoms with Crippen LogP contribution in [0.4, 0.5) is 0 Å². The van der Waals surface area contributed by atoms with E-state index in [-0.39, 0.29) is 12.8 Å². The summed E-state index contributed by atoms with van der Waals surface area (Å²) >= 11 is 0. The van der Waals surface area contributed by atoms with Gasteiger partial charge < -0.3 is 14.9 Å². The smallest absolute Gasteiger partial charge is 0.342 e. The number of allylic oxidation sites excluding steroid dienone is 8. The Morgan fingerprint density at radius 3 is 1.22 bits per heavy atom.